The minimum atomic E-state index is -1.04. The predicted octanol–water partition coefficient (Wildman–Crippen LogP) is 6.16. The first-order chi connectivity index (χ1) is 12.8. The summed E-state index contributed by atoms with van der Waals surface area (Å²) in [4.78, 5) is 15.7. The van der Waals surface area contributed by atoms with Crippen LogP contribution in [0.2, 0.25) is 10.0 Å². The molecular weight excluding hydrogens is 383 g/mol. The topological polar surface area (TPSA) is 54.6 Å². The van der Waals surface area contributed by atoms with Crippen LogP contribution < -0.4 is 0 Å². The normalized spacial score (nSPS) is 11.3. The van der Waals surface area contributed by atoms with Crippen LogP contribution in [0.3, 0.4) is 0 Å². The Morgan fingerprint density at radius 1 is 1.07 bits per heavy atom. The summed E-state index contributed by atoms with van der Waals surface area (Å²) >= 11 is 12.2. The third-order valence-corrected chi connectivity index (χ3v) is 4.97. The summed E-state index contributed by atoms with van der Waals surface area (Å²) in [5.74, 6) is -1.04. The van der Waals surface area contributed by atoms with Gasteiger partial charge in [-0.25, -0.2) is 4.79 Å². The third kappa shape index (κ3) is 3.92. The lowest BCUT2D eigenvalue weighted by Gasteiger charge is -2.11. The number of nitrogens with zero attached hydrogens (tertiary/aromatic N) is 2. The van der Waals surface area contributed by atoms with Crippen molar-refractivity contribution in [1.82, 2.24) is 4.57 Å². The fourth-order valence-electron chi connectivity index (χ4n) is 2.99. The fourth-order valence-corrected chi connectivity index (χ4v) is 3.41. The Hall–Kier alpha value is -2.56. The highest BCUT2D eigenvalue weighted by molar-refractivity contribution is 6.33. The van der Waals surface area contributed by atoms with Gasteiger partial charge in [0.05, 0.1) is 16.3 Å². The highest BCUT2D eigenvalue weighted by Gasteiger charge is 2.13. The Labute approximate surface area is 167 Å². The summed E-state index contributed by atoms with van der Waals surface area (Å²) in [5, 5.41) is 9.99. The molecule has 0 unspecified atom stereocenters. The van der Waals surface area contributed by atoms with Crippen LogP contribution in [0.5, 0.6) is 0 Å². The molecule has 0 amide bonds. The van der Waals surface area contributed by atoms with Gasteiger partial charge in [0.25, 0.3) is 0 Å². The zero-order valence-electron chi connectivity index (χ0n) is 15.1. The van der Waals surface area contributed by atoms with Crippen molar-refractivity contribution in [3.05, 3.63) is 80.6 Å². The van der Waals surface area contributed by atoms with Crippen LogP contribution in [0.25, 0.3) is 5.69 Å². The molecular formula is C21H18Cl2N2O2. The molecule has 1 aromatic heterocycles. The van der Waals surface area contributed by atoms with E-state index in [2.05, 4.69) is 4.99 Å². The fraction of sp³-hybridized carbons (Fsp3) is 0.143. The van der Waals surface area contributed by atoms with Crippen LogP contribution in [0, 0.1) is 20.8 Å². The number of hydrogen-bond acceptors (Lipinski definition) is 2. The van der Waals surface area contributed by atoms with Crippen LogP contribution in [0.1, 0.15) is 32.9 Å². The lowest BCUT2D eigenvalue weighted by Crippen LogP contribution is -2.02. The van der Waals surface area contributed by atoms with Crippen molar-refractivity contribution in [2.75, 3.05) is 0 Å². The molecule has 0 saturated heterocycles. The molecule has 2 aromatic carbocycles. The van der Waals surface area contributed by atoms with Gasteiger partial charge in [0.15, 0.2) is 0 Å². The van der Waals surface area contributed by atoms with E-state index in [0.29, 0.717) is 5.02 Å². The van der Waals surface area contributed by atoms with Gasteiger partial charge >= 0.3 is 5.97 Å². The molecule has 27 heavy (non-hydrogen) atoms. The second-order valence-corrected chi connectivity index (χ2v) is 7.16. The second-order valence-electron chi connectivity index (χ2n) is 6.32. The van der Waals surface area contributed by atoms with Crippen molar-refractivity contribution < 1.29 is 9.90 Å². The van der Waals surface area contributed by atoms with Crippen LogP contribution in [0.4, 0.5) is 5.69 Å². The highest BCUT2D eigenvalue weighted by atomic mass is 35.5. The zero-order valence-corrected chi connectivity index (χ0v) is 16.6. The van der Waals surface area contributed by atoms with E-state index in [4.69, 9.17) is 28.3 Å². The predicted molar refractivity (Wildman–Crippen MR) is 111 cm³/mol. The molecule has 0 atom stereocenters. The minimum absolute atomic E-state index is 0.0843. The summed E-state index contributed by atoms with van der Waals surface area (Å²) in [6.07, 6.45) is 1.81. The van der Waals surface area contributed by atoms with E-state index in [1.54, 1.807) is 12.1 Å². The van der Waals surface area contributed by atoms with E-state index in [1.165, 1.54) is 6.07 Å². The number of carboxylic acids is 1. The molecule has 3 aromatic rings. The lowest BCUT2D eigenvalue weighted by atomic mass is 10.2. The summed E-state index contributed by atoms with van der Waals surface area (Å²) in [6, 6.07) is 12.6. The molecule has 1 heterocycles. The van der Waals surface area contributed by atoms with Gasteiger partial charge in [-0.1, -0.05) is 29.3 Å². The van der Waals surface area contributed by atoms with E-state index in [0.717, 1.165) is 33.9 Å². The zero-order chi connectivity index (χ0) is 19.7. The van der Waals surface area contributed by atoms with Gasteiger partial charge in [-0.2, -0.15) is 0 Å². The number of rotatable bonds is 4. The lowest BCUT2D eigenvalue weighted by molar-refractivity contribution is 0.0697. The molecule has 0 aliphatic heterocycles. The Morgan fingerprint density at radius 2 is 1.81 bits per heavy atom. The molecule has 0 fully saturated rings. The molecule has 138 valence electrons. The molecule has 0 saturated carbocycles. The number of aryl methyl sites for hydroxylation is 2. The van der Waals surface area contributed by atoms with Gasteiger partial charge in [0.1, 0.15) is 0 Å². The van der Waals surface area contributed by atoms with Crippen LogP contribution >= 0.6 is 23.2 Å². The maximum absolute atomic E-state index is 11.2. The quantitative estimate of drug-likeness (QED) is 0.533. The van der Waals surface area contributed by atoms with Crippen LogP contribution in [-0.4, -0.2) is 21.9 Å². The van der Waals surface area contributed by atoms with Crippen molar-refractivity contribution in [2.45, 2.75) is 20.8 Å². The molecule has 0 aliphatic rings. The molecule has 0 bridgehead atoms. The number of aliphatic imine (C=N–C) groups is 1. The summed E-state index contributed by atoms with van der Waals surface area (Å²) in [6.45, 7) is 5.95. The summed E-state index contributed by atoms with van der Waals surface area (Å²) in [7, 11) is 0. The van der Waals surface area contributed by atoms with Crippen molar-refractivity contribution >= 4 is 41.1 Å². The van der Waals surface area contributed by atoms with Crippen LogP contribution in [0.15, 0.2) is 47.5 Å². The standard InChI is InChI=1S/C21H18Cl2N2O2/c1-12-4-5-16(22)9-20(12)24-11-15-8-13(2)25(14(15)3)17-6-7-18(21(26)27)19(23)10-17/h4-11H,1-3H3,(H,26,27). The van der Waals surface area contributed by atoms with Gasteiger partial charge in [0, 0.05) is 33.9 Å². The number of benzene rings is 2. The van der Waals surface area contributed by atoms with Crippen molar-refractivity contribution in [3.8, 4) is 5.69 Å². The average Bonchev–Trinajstić information content (AvgIpc) is 2.89. The number of carbonyl (C=O) groups is 1. The molecule has 3 rings (SSSR count). The first-order valence-corrected chi connectivity index (χ1v) is 9.06. The summed E-state index contributed by atoms with van der Waals surface area (Å²) in [5.41, 5.74) is 5.69. The molecule has 0 radical (unpaired) electrons. The smallest absolute Gasteiger partial charge is 0.337 e. The number of aromatic carboxylic acids is 1. The highest BCUT2D eigenvalue weighted by Crippen LogP contribution is 2.26. The van der Waals surface area contributed by atoms with E-state index < -0.39 is 5.97 Å². The molecule has 6 heteroatoms. The Balaban J connectivity index is 2.00. The van der Waals surface area contributed by atoms with Crippen LogP contribution in [-0.2, 0) is 0 Å². The van der Waals surface area contributed by atoms with Gasteiger partial charge in [-0.3, -0.25) is 4.99 Å². The number of carboxylic acid groups (broad SMARTS) is 1. The maximum atomic E-state index is 11.2. The minimum Gasteiger partial charge on any atom is -0.478 e. The van der Waals surface area contributed by atoms with E-state index >= 15 is 0 Å². The van der Waals surface area contributed by atoms with E-state index in [-0.39, 0.29) is 10.6 Å². The van der Waals surface area contributed by atoms with Crippen molar-refractivity contribution in [1.29, 1.82) is 0 Å². The van der Waals surface area contributed by atoms with Crippen molar-refractivity contribution in [3.63, 3.8) is 0 Å². The largest absolute Gasteiger partial charge is 0.478 e. The SMILES string of the molecule is Cc1ccc(Cl)cc1N=Cc1cc(C)n(-c2ccc(C(=O)O)c(Cl)c2)c1C. The van der Waals surface area contributed by atoms with Gasteiger partial charge in [-0.15, -0.1) is 0 Å². The van der Waals surface area contributed by atoms with Crippen molar-refractivity contribution in [2.24, 2.45) is 4.99 Å². The molecule has 0 aliphatic carbocycles. The number of halogens is 2. The number of aromatic nitrogens is 1. The first kappa shape index (κ1) is 19.2. The molecule has 4 nitrogen and oxygen atoms in total. The van der Waals surface area contributed by atoms with Gasteiger partial charge in [0.2, 0.25) is 0 Å². The van der Waals surface area contributed by atoms with E-state index in [9.17, 15) is 4.79 Å². The maximum Gasteiger partial charge on any atom is 0.337 e. The third-order valence-electron chi connectivity index (χ3n) is 4.43. The molecule has 1 N–H and O–H groups in total. The van der Waals surface area contributed by atoms with E-state index in [1.807, 2.05) is 55.8 Å². The Morgan fingerprint density at radius 3 is 2.48 bits per heavy atom. The van der Waals surface area contributed by atoms with Gasteiger partial charge in [-0.05, 0) is 62.7 Å². The molecule has 0 spiro atoms. The number of hydrogen-bond donors (Lipinski definition) is 1. The van der Waals surface area contributed by atoms with Gasteiger partial charge < -0.3 is 9.67 Å². The first-order valence-electron chi connectivity index (χ1n) is 8.30. The Bertz CT molecular complexity index is 1070. The summed E-state index contributed by atoms with van der Waals surface area (Å²) < 4.78 is 2.02. The average molecular weight is 401 g/mol. The second kappa shape index (κ2) is 7.59. The monoisotopic (exact) mass is 400 g/mol. The Kier molecular flexibility index (Phi) is 5.40.